The van der Waals surface area contributed by atoms with Crippen molar-refractivity contribution in [3.8, 4) is 28.7 Å². The predicted octanol–water partition coefficient (Wildman–Crippen LogP) is 4.49. The van der Waals surface area contributed by atoms with Crippen molar-refractivity contribution in [1.82, 2.24) is 15.0 Å². The molecule has 1 fully saturated rings. The molecule has 0 spiro atoms. The van der Waals surface area contributed by atoms with E-state index in [-0.39, 0.29) is 11.8 Å². The van der Waals surface area contributed by atoms with Crippen molar-refractivity contribution >= 4 is 5.91 Å². The van der Waals surface area contributed by atoms with Crippen LogP contribution in [0.3, 0.4) is 0 Å². The molecule has 8 heteroatoms. The van der Waals surface area contributed by atoms with Gasteiger partial charge in [-0.3, -0.25) is 4.79 Å². The lowest BCUT2D eigenvalue weighted by Gasteiger charge is -2.16. The van der Waals surface area contributed by atoms with Crippen LogP contribution in [0.2, 0.25) is 0 Å². The van der Waals surface area contributed by atoms with Gasteiger partial charge in [0, 0.05) is 31.0 Å². The SMILES string of the molecule is CCCCOc1ccc(-c2nc(C3CC(=O)N(CCc4ccc(OC)c(OC)c4)C3)no2)cc1. The highest BCUT2D eigenvalue weighted by Gasteiger charge is 2.33. The average molecular weight is 466 g/mol. The minimum absolute atomic E-state index is 0.0768. The van der Waals surface area contributed by atoms with Crippen molar-refractivity contribution < 1.29 is 23.5 Å². The Morgan fingerprint density at radius 2 is 1.88 bits per heavy atom. The molecule has 8 nitrogen and oxygen atoms in total. The van der Waals surface area contributed by atoms with Gasteiger partial charge in [-0.15, -0.1) is 0 Å². The predicted molar refractivity (Wildman–Crippen MR) is 127 cm³/mol. The number of aromatic nitrogens is 2. The Hall–Kier alpha value is -3.55. The monoisotopic (exact) mass is 465 g/mol. The van der Waals surface area contributed by atoms with E-state index in [4.69, 9.17) is 18.7 Å². The van der Waals surface area contributed by atoms with Gasteiger partial charge in [0.05, 0.1) is 20.8 Å². The second-order valence-corrected chi connectivity index (χ2v) is 8.36. The number of nitrogens with zero attached hydrogens (tertiary/aromatic N) is 3. The number of unbranched alkanes of at least 4 members (excludes halogenated alkanes) is 1. The van der Waals surface area contributed by atoms with Gasteiger partial charge in [0.25, 0.3) is 5.89 Å². The fourth-order valence-corrected chi connectivity index (χ4v) is 4.01. The molecular weight excluding hydrogens is 434 g/mol. The number of carbonyl (C=O) groups is 1. The number of rotatable bonds is 11. The zero-order chi connectivity index (χ0) is 23.9. The lowest BCUT2D eigenvalue weighted by Crippen LogP contribution is -2.27. The zero-order valence-corrected chi connectivity index (χ0v) is 20.0. The number of hydrogen-bond acceptors (Lipinski definition) is 7. The molecule has 2 aromatic carbocycles. The Kier molecular flexibility index (Phi) is 7.67. The van der Waals surface area contributed by atoms with Crippen molar-refractivity contribution in [3.63, 3.8) is 0 Å². The van der Waals surface area contributed by atoms with Crippen LogP contribution >= 0.6 is 0 Å². The standard InChI is InChI=1S/C26H31N3O5/c1-4-5-14-33-21-9-7-19(8-10-21)26-27-25(28-34-26)20-16-24(30)29(17-20)13-12-18-6-11-22(31-2)23(15-18)32-3/h6-11,15,20H,4-5,12-14,16-17H2,1-3H3. The van der Waals surface area contributed by atoms with E-state index in [1.165, 1.54) is 0 Å². The normalized spacial score (nSPS) is 15.6. The van der Waals surface area contributed by atoms with Gasteiger partial charge in [-0.2, -0.15) is 4.98 Å². The fourth-order valence-electron chi connectivity index (χ4n) is 4.01. The van der Waals surface area contributed by atoms with E-state index >= 15 is 0 Å². The second-order valence-electron chi connectivity index (χ2n) is 8.36. The molecular formula is C26H31N3O5. The van der Waals surface area contributed by atoms with Crippen LogP contribution in [0.5, 0.6) is 17.2 Å². The van der Waals surface area contributed by atoms with Crippen LogP contribution in [0.25, 0.3) is 11.5 Å². The van der Waals surface area contributed by atoms with E-state index in [9.17, 15) is 4.79 Å². The summed E-state index contributed by atoms with van der Waals surface area (Å²) in [6.45, 7) is 4.04. The maximum Gasteiger partial charge on any atom is 0.257 e. The summed E-state index contributed by atoms with van der Waals surface area (Å²) in [5.41, 5.74) is 1.91. The van der Waals surface area contributed by atoms with E-state index in [1.54, 1.807) is 14.2 Å². The van der Waals surface area contributed by atoms with Crippen LogP contribution in [-0.4, -0.2) is 54.9 Å². The number of amides is 1. The fraction of sp³-hybridized carbons (Fsp3) is 0.423. The summed E-state index contributed by atoms with van der Waals surface area (Å²) < 4.78 is 21.9. The molecule has 1 amide bonds. The van der Waals surface area contributed by atoms with E-state index in [0.29, 0.717) is 49.3 Å². The summed E-state index contributed by atoms with van der Waals surface area (Å²) in [6.07, 6.45) is 3.23. The topological polar surface area (TPSA) is 86.9 Å². The molecule has 34 heavy (non-hydrogen) atoms. The lowest BCUT2D eigenvalue weighted by atomic mass is 10.1. The number of ether oxygens (including phenoxy) is 3. The smallest absolute Gasteiger partial charge is 0.257 e. The molecule has 1 aromatic heterocycles. The minimum Gasteiger partial charge on any atom is -0.494 e. The van der Waals surface area contributed by atoms with Crippen LogP contribution < -0.4 is 14.2 Å². The molecule has 0 saturated carbocycles. The number of likely N-dealkylation sites (tertiary alicyclic amines) is 1. The van der Waals surface area contributed by atoms with Crippen LogP contribution in [0.4, 0.5) is 0 Å². The van der Waals surface area contributed by atoms with Crippen molar-refractivity contribution in [1.29, 1.82) is 0 Å². The summed E-state index contributed by atoms with van der Waals surface area (Å²) in [4.78, 5) is 19.0. The van der Waals surface area contributed by atoms with Gasteiger partial charge in [0.2, 0.25) is 5.91 Å². The molecule has 1 atom stereocenters. The van der Waals surface area contributed by atoms with Crippen molar-refractivity contribution in [2.24, 2.45) is 0 Å². The number of carbonyl (C=O) groups excluding carboxylic acids is 1. The summed E-state index contributed by atoms with van der Waals surface area (Å²) in [6, 6.07) is 13.5. The van der Waals surface area contributed by atoms with Gasteiger partial charge in [-0.05, 0) is 54.8 Å². The van der Waals surface area contributed by atoms with Gasteiger partial charge in [-0.25, -0.2) is 0 Å². The van der Waals surface area contributed by atoms with Gasteiger partial charge in [0.1, 0.15) is 5.75 Å². The summed E-state index contributed by atoms with van der Waals surface area (Å²) in [7, 11) is 3.23. The van der Waals surface area contributed by atoms with Gasteiger partial charge < -0.3 is 23.6 Å². The molecule has 2 heterocycles. The molecule has 180 valence electrons. The van der Waals surface area contributed by atoms with Crippen LogP contribution in [0.1, 0.15) is 43.5 Å². The summed E-state index contributed by atoms with van der Waals surface area (Å²) in [5.74, 6) is 3.24. The largest absolute Gasteiger partial charge is 0.494 e. The third kappa shape index (κ3) is 5.50. The summed E-state index contributed by atoms with van der Waals surface area (Å²) in [5, 5.41) is 4.16. The first-order valence-electron chi connectivity index (χ1n) is 11.7. The first kappa shape index (κ1) is 23.6. The number of hydrogen-bond donors (Lipinski definition) is 0. The molecule has 3 aromatic rings. The molecule has 1 saturated heterocycles. The highest BCUT2D eigenvalue weighted by molar-refractivity contribution is 5.79. The Bertz CT molecular complexity index is 1100. The highest BCUT2D eigenvalue weighted by Crippen LogP contribution is 2.30. The Balaban J connectivity index is 1.34. The van der Waals surface area contributed by atoms with Gasteiger partial charge in [0.15, 0.2) is 17.3 Å². The first-order valence-corrected chi connectivity index (χ1v) is 11.7. The van der Waals surface area contributed by atoms with Crippen molar-refractivity contribution in [2.75, 3.05) is 33.9 Å². The lowest BCUT2D eigenvalue weighted by molar-refractivity contribution is -0.127. The Morgan fingerprint density at radius 1 is 1.09 bits per heavy atom. The van der Waals surface area contributed by atoms with Crippen LogP contribution in [-0.2, 0) is 11.2 Å². The number of benzene rings is 2. The third-order valence-electron chi connectivity index (χ3n) is 6.01. The van der Waals surface area contributed by atoms with E-state index in [1.807, 2.05) is 47.4 Å². The maximum absolute atomic E-state index is 12.6. The Morgan fingerprint density at radius 3 is 2.62 bits per heavy atom. The van der Waals surface area contributed by atoms with Crippen LogP contribution in [0, 0.1) is 0 Å². The second kappa shape index (κ2) is 11.0. The quantitative estimate of drug-likeness (QED) is 0.386. The van der Waals surface area contributed by atoms with Gasteiger partial charge in [-0.1, -0.05) is 24.6 Å². The molecule has 1 unspecified atom stereocenters. The van der Waals surface area contributed by atoms with Crippen molar-refractivity contribution in [2.45, 2.75) is 38.5 Å². The highest BCUT2D eigenvalue weighted by atomic mass is 16.5. The number of methoxy groups -OCH3 is 2. The minimum atomic E-state index is -0.0768. The molecule has 4 rings (SSSR count). The van der Waals surface area contributed by atoms with E-state index in [0.717, 1.165) is 36.1 Å². The first-order chi connectivity index (χ1) is 16.6. The average Bonchev–Trinajstić information content (AvgIpc) is 3.50. The molecule has 1 aliphatic heterocycles. The maximum atomic E-state index is 12.6. The molecule has 0 bridgehead atoms. The summed E-state index contributed by atoms with van der Waals surface area (Å²) >= 11 is 0. The molecule has 1 aliphatic rings. The molecule has 0 radical (unpaired) electrons. The molecule has 0 aliphatic carbocycles. The van der Waals surface area contributed by atoms with E-state index in [2.05, 4.69) is 17.1 Å². The van der Waals surface area contributed by atoms with E-state index < -0.39 is 0 Å². The molecule has 0 N–H and O–H groups in total. The Labute approximate surface area is 199 Å². The van der Waals surface area contributed by atoms with Crippen molar-refractivity contribution in [3.05, 3.63) is 53.9 Å². The zero-order valence-electron chi connectivity index (χ0n) is 20.0. The van der Waals surface area contributed by atoms with Crippen LogP contribution in [0.15, 0.2) is 47.0 Å². The third-order valence-corrected chi connectivity index (χ3v) is 6.01. The van der Waals surface area contributed by atoms with Gasteiger partial charge >= 0.3 is 0 Å².